The Morgan fingerprint density at radius 1 is 1.15 bits per heavy atom. The molecule has 1 aliphatic heterocycles. The maximum Gasteiger partial charge on any atom is 0.251 e. The molecule has 1 saturated heterocycles. The summed E-state index contributed by atoms with van der Waals surface area (Å²) in [5.74, 6) is -0.658. The second-order valence-corrected chi connectivity index (χ2v) is 7.61. The van der Waals surface area contributed by atoms with Gasteiger partial charge in [0, 0.05) is 37.7 Å². The predicted molar refractivity (Wildman–Crippen MR) is 105 cm³/mol. The molecule has 6 nitrogen and oxygen atoms in total. The average molecular weight is 393 g/mol. The van der Waals surface area contributed by atoms with Crippen molar-refractivity contribution in [3.05, 3.63) is 51.9 Å². The van der Waals surface area contributed by atoms with Crippen molar-refractivity contribution >= 4 is 39.8 Å². The lowest BCUT2D eigenvalue weighted by molar-refractivity contribution is -0.117. The SMILES string of the molecule is NC(=O)c1ccsc1NC(=O)CN1CCN(Cc2cccc(Cl)c2)CC1. The molecule has 26 heavy (non-hydrogen) atoms. The normalized spacial score (nSPS) is 15.7. The molecule has 1 aromatic heterocycles. The van der Waals surface area contributed by atoms with Crippen molar-refractivity contribution in [1.29, 1.82) is 0 Å². The Balaban J connectivity index is 1.45. The highest BCUT2D eigenvalue weighted by Crippen LogP contribution is 2.22. The van der Waals surface area contributed by atoms with Crippen LogP contribution in [0.1, 0.15) is 15.9 Å². The van der Waals surface area contributed by atoms with E-state index >= 15 is 0 Å². The van der Waals surface area contributed by atoms with E-state index in [1.165, 1.54) is 16.9 Å². The summed E-state index contributed by atoms with van der Waals surface area (Å²) < 4.78 is 0. The topological polar surface area (TPSA) is 78.7 Å². The molecule has 8 heteroatoms. The summed E-state index contributed by atoms with van der Waals surface area (Å²) in [6, 6.07) is 9.51. The van der Waals surface area contributed by atoms with E-state index in [2.05, 4.69) is 21.2 Å². The largest absolute Gasteiger partial charge is 0.366 e. The van der Waals surface area contributed by atoms with Crippen molar-refractivity contribution in [3.63, 3.8) is 0 Å². The van der Waals surface area contributed by atoms with E-state index in [0.717, 1.165) is 37.7 Å². The average Bonchev–Trinajstić information content (AvgIpc) is 3.05. The van der Waals surface area contributed by atoms with E-state index in [-0.39, 0.29) is 5.91 Å². The van der Waals surface area contributed by atoms with Gasteiger partial charge in [-0.05, 0) is 29.1 Å². The lowest BCUT2D eigenvalue weighted by Gasteiger charge is -2.34. The number of thiophene rings is 1. The molecule has 1 fully saturated rings. The number of primary amides is 1. The molecule has 0 aliphatic carbocycles. The van der Waals surface area contributed by atoms with Crippen LogP contribution >= 0.6 is 22.9 Å². The number of anilines is 1. The maximum atomic E-state index is 12.2. The lowest BCUT2D eigenvalue weighted by Crippen LogP contribution is -2.48. The van der Waals surface area contributed by atoms with Crippen LogP contribution in [0.3, 0.4) is 0 Å². The summed E-state index contributed by atoms with van der Waals surface area (Å²) in [6.45, 7) is 4.59. The lowest BCUT2D eigenvalue weighted by atomic mass is 10.2. The summed E-state index contributed by atoms with van der Waals surface area (Å²) >= 11 is 7.33. The number of hydrogen-bond acceptors (Lipinski definition) is 5. The van der Waals surface area contributed by atoms with Gasteiger partial charge in [-0.3, -0.25) is 19.4 Å². The highest BCUT2D eigenvalue weighted by molar-refractivity contribution is 7.14. The van der Waals surface area contributed by atoms with E-state index < -0.39 is 5.91 Å². The van der Waals surface area contributed by atoms with Crippen LogP contribution in [0, 0.1) is 0 Å². The predicted octanol–water partition coefficient (Wildman–Crippen LogP) is 2.26. The van der Waals surface area contributed by atoms with Crippen molar-refractivity contribution in [1.82, 2.24) is 9.80 Å². The first kappa shape index (κ1) is 18.8. The molecule has 0 bridgehead atoms. The molecule has 3 N–H and O–H groups in total. The van der Waals surface area contributed by atoms with Gasteiger partial charge in [-0.25, -0.2) is 0 Å². The molecule has 3 rings (SSSR count). The van der Waals surface area contributed by atoms with Crippen LogP contribution in [0.2, 0.25) is 5.02 Å². The molecule has 0 atom stereocenters. The molecule has 1 aromatic carbocycles. The maximum absolute atomic E-state index is 12.2. The van der Waals surface area contributed by atoms with Crippen LogP contribution < -0.4 is 11.1 Å². The molecular weight excluding hydrogens is 372 g/mol. The Labute approximate surface area is 161 Å². The fraction of sp³-hybridized carbons (Fsp3) is 0.333. The number of hydrogen-bond donors (Lipinski definition) is 2. The fourth-order valence-corrected chi connectivity index (χ4v) is 3.99. The van der Waals surface area contributed by atoms with Gasteiger partial charge in [-0.15, -0.1) is 11.3 Å². The molecule has 2 amide bonds. The van der Waals surface area contributed by atoms with E-state index in [0.29, 0.717) is 17.1 Å². The second kappa shape index (κ2) is 8.64. The first-order valence-corrected chi connectivity index (χ1v) is 9.63. The quantitative estimate of drug-likeness (QED) is 0.790. The van der Waals surface area contributed by atoms with Gasteiger partial charge in [0.25, 0.3) is 5.91 Å². The van der Waals surface area contributed by atoms with Gasteiger partial charge in [-0.1, -0.05) is 23.7 Å². The van der Waals surface area contributed by atoms with Gasteiger partial charge in [0.15, 0.2) is 0 Å². The fourth-order valence-electron chi connectivity index (χ4n) is 2.97. The monoisotopic (exact) mass is 392 g/mol. The van der Waals surface area contributed by atoms with E-state index in [4.69, 9.17) is 17.3 Å². The van der Waals surface area contributed by atoms with E-state index in [1.807, 2.05) is 18.2 Å². The summed E-state index contributed by atoms with van der Waals surface area (Å²) in [7, 11) is 0. The molecular formula is C18H21ClN4O2S. The highest BCUT2D eigenvalue weighted by Gasteiger charge is 2.20. The summed E-state index contributed by atoms with van der Waals surface area (Å²) in [5.41, 5.74) is 6.85. The molecule has 2 aromatic rings. The van der Waals surface area contributed by atoms with Gasteiger partial charge in [0.05, 0.1) is 12.1 Å². The number of carbonyl (C=O) groups excluding carboxylic acids is 2. The minimum absolute atomic E-state index is 0.127. The molecule has 0 radical (unpaired) electrons. The first-order valence-electron chi connectivity index (χ1n) is 8.37. The Morgan fingerprint density at radius 2 is 1.88 bits per heavy atom. The number of halogens is 1. The molecule has 0 unspecified atom stereocenters. The Bertz CT molecular complexity index is 787. The second-order valence-electron chi connectivity index (χ2n) is 6.26. The number of piperazine rings is 1. The first-order chi connectivity index (χ1) is 12.5. The van der Waals surface area contributed by atoms with Crippen molar-refractivity contribution in [3.8, 4) is 0 Å². The van der Waals surface area contributed by atoms with Crippen LogP contribution in [0.5, 0.6) is 0 Å². The number of nitrogens with zero attached hydrogens (tertiary/aromatic N) is 2. The molecule has 0 spiro atoms. The van der Waals surface area contributed by atoms with Crippen molar-refractivity contribution in [2.24, 2.45) is 5.73 Å². The van der Waals surface area contributed by atoms with Crippen LogP contribution in [-0.2, 0) is 11.3 Å². The van der Waals surface area contributed by atoms with Gasteiger partial charge >= 0.3 is 0 Å². The zero-order valence-electron chi connectivity index (χ0n) is 14.3. The number of rotatable bonds is 6. The zero-order valence-corrected chi connectivity index (χ0v) is 15.9. The molecule has 1 aliphatic rings. The Hall–Kier alpha value is -1.93. The summed E-state index contributed by atoms with van der Waals surface area (Å²) in [5, 5.41) is 5.79. The number of amides is 2. The zero-order chi connectivity index (χ0) is 18.5. The number of carbonyl (C=O) groups is 2. The van der Waals surface area contributed by atoms with Crippen LogP contribution in [0.25, 0.3) is 0 Å². The van der Waals surface area contributed by atoms with Crippen LogP contribution in [0.4, 0.5) is 5.00 Å². The van der Waals surface area contributed by atoms with Crippen LogP contribution in [0.15, 0.2) is 35.7 Å². The number of benzene rings is 1. The molecule has 2 heterocycles. The van der Waals surface area contributed by atoms with Gasteiger partial charge in [0.1, 0.15) is 5.00 Å². The third kappa shape index (κ3) is 5.04. The van der Waals surface area contributed by atoms with Crippen molar-refractivity contribution in [2.45, 2.75) is 6.54 Å². The molecule has 138 valence electrons. The minimum Gasteiger partial charge on any atom is -0.366 e. The standard InChI is InChI=1S/C18H21ClN4O2S/c19-14-3-1-2-13(10-14)11-22-5-7-23(8-6-22)12-16(24)21-18-15(17(20)25)4-9-26-18/h1-4,9-10H,5-8,11-12H2,(H2,20,25)(H,21,24). The van der Waals surface area contributed by atoms with Crippen LogP contribution in [-0.4, -0.2) is 54.3 Å². The number of nitrogens with two attached hydrogens (primary N) is 1. The van der Waals surface area contributed by atoms with Gasteiger partial charge in [-0.2, -0.15) is 0 Å². The summed E-state index contributed by atoms with van der Waals surface area (Å²) in [6.07, 6.45) is 0. The van der Waals surface area contributed by atoms with Crippen molar-refractivity contribution in [2.75, 3.05) is 38.0 Å². The van der Waals surface area contributed by atoms with E-state index in [9.17, 15) is 9.59 Å². The third-order valence-electron chi connectivity index (χ3n) is 4.31. The smallest absolute Gasteiger partial charge is 0.251 e. The Morgan fingerprint density at radius 3 is 2.58 bits per heavy atom. The summed E-state index contributed by atoms with van der Waals surface area (Å²) in [4.78, 5) is 28.0. The molecule has 0 saturated carbocycles. The van der Waals surface area contributed by atoms with Crippen molar-refractivity contribution < 1.29 is 9.59 Å². The minimum atomic E-state index is -0.531. The van der Waals surface area contributed by atoms with E-state index in [1.54, 1.807) is 11.4 Å². The number of nitrogens with one attached hydrogen (secondary N) is 1. The van der Waals surface area contributed by atoms with Gasteiger partial charge in [0.2, 0.25) is 5.91 Å². The highest BCUT2D eigenvalue weighted by atomic mass is 35.5. The Kier molecular flexibility index (Phi) is 6.26. The van der Waals surface area contributed by atoms with Gasteiger partial charge < -0.3 is 11.1 Å². The third-order valence-corrected chi connectivity index (χ3v) is 5.38.